The topological polar surface area (TPSA) is 46.9 Å². The summed E-state index contributed by atoms with van der Waals surface area (Å²) in [6.07, 6.45) is 2.99. The minimum atomic E-state index is -0.0418. The van der Waals surface area contributed by atoms with Crippen molar-refractivity contribution in [1.29, 1.82) is 0 Å². The molecule has 1 aliphatic rings. The van der Waals surface area contributed by atoms with E-state index in [1.54, 1.807) is 0 Å². The van der Waals surface area contributed by atoms with Crippen LogP contribution in [0.4, 0.5) is 0 Å². The third-order valence-corrected chi connectivity index (χ3v) is 1.94. The summed E-state index contributed by atoms with van der Waals surface area (Å²) in [6.45, 7) is 3.62. The first-order chi connectivity index (χ1) is 5.81. The molecule has 0 fully saturated rings. The maximum Gasteiger partial charge on any atom is 0.272 e. The molecule has 1 aromatic heterocycles. The first kappa shape index (κ1) is 7.34. The van der Waals surface area contributed by atoms with Gasteiger partial charge in [-0.2, -0.15) is 5.10 Å². The van der Waals surface area contributed by atoms with Gasteiger partial charge >= 0.3 is 0 Å². The minimum Gasteiger partial charge on any atom is -0.346 e. The predicted octanol–water partition coefficient (Wildman–Crippen LogP) is 0.536. The molecule has 0 atom stereocenters. The smallest absolute Gasteiger partial charge is 0.272 e. The Kier molecular flexibility index (Phi) is 1.60. The molecule has 1 N–H and O–H groups in total. The Hall–Kier alpha value is -1.32. The van der Waals surface area contributed by atoms with E-state index in [-0.39, 0.29) is 5.91 Å². The second-order valence-electron chi connectivity index (χ2n) is 2.95. The van der Waals surface area contributed by atoms with Crippen LogP contribution < -0.4 is 5.32 Å². The van der Waals surface area contributed by atoms with E-state index in [2.05, 4.69) is 17.3 Å². The van der Waals surface area contributed by atoms with Gasteiger partial charge in [0.25, 0.3) is 5.91 Å². The fourth-order valence-electron chi connectivity index (χ4n) is 1.39. The number of nitrogens with zero attached hydrogens (tertiary/aromatic N) is 2. The van der Waals surface area contributed by atoms with Gasteiger partial charge in [-0.25, -0.2) is 0 Å². The van der Waals surface area contributed by atoms with E-state index >= 15 is 0 Å². The second kappa shape index (κ2) is 2.62. The highest BCUT2D eigenvalue weighted by Gasteiger charge is 2.22. The first-order valence-corrected chi connectivity index (χ1v) is 4.16. The number of carbonyl (C=O) groups excluding carboxylic acids is 1. The maximum atomic E-state index is 11.1. The molecule has 0 spiro atoms. The number of rotatable bonds is 2. The lowest BCUT2D eigenvalue weighted by atomic mass is 10.3. The van der Waals surface area contributed by atoms with Crippen molar-refractivity contribution in [3.05, 3.63) is 17.5 Å². The van der Waals surface area contributed by atoms with E-state index < -0.39 is 0 Å². The van der Waals surface area contributed by atoms with Gasteiger partial charge in [0, 0.05) is 24.8 Å². The largest absolute Gasteiger partial charge is 0.346 e. The van der Waals surface area contributed by atoms with Gasteiger partial charge in [0.15, 0.2) is 5.69 Å². The summed E-state index contributed by atoms with van der Waals surface area (Å²) in [6, 6.07) is 0. The lowest BCUT2D eigenvalue weighted by Gasteiger charge is -1.96. The number of aryl methyl sites for hydroxylation is 1. The van der Waals surface area contributed by atoms with Crippen LogP contribution in [0.3, 0.4) is 0 Å². The maximum absolute atomic E-state index is 11.1. The van der Waals surface area contributed by atoms with Gasteiger partial charge in [0.1, 0.15) is 0 Å². The molecule has 0 unspecified atom stereocenters. The van der Waals surface area contributed by atoms with E-state index in [9.17, 15) is 4.79 Å². The molecule has 0 bridgehead atoms. The van der Waals surface area contributed by atoms with Gasteiger partial charge in [-0.3, -0.25) is 9.48 Å². The van der Waals surface area contributed by atoms with Crippen molar-refractivity contribution in [1.82, 2.24) is 15.1 Å². The summed E-state index contributed by atoms with van der Waals surface area (Å²) >= 11 is 0. The monoisotopic (exact) mass is 165 g/mol. The highest BCUT2D eigenvalue weighted by Crippen LogP contribution is 2.12. The SMILES string of the molecule is CCCn1cc2c(n1)C(=O)NC2. The van der Waals surface area contributed by atoms with E-state index in [0.717, 1.165) is 18.5 Å². The molecule has 64 valence electrons. The zero-order valence-corrected chi connectivity index (χ0v) is 7.00. The Balaban J connectivity index is 2.30. The van der Waals surface area contributed by atoms with Crippen molar-refractivity contribution >= 4 is 5.91 Å². The van der Waals surface area contributed by atoms with Crippen LogP contribution in [0.5, 0.6) is 0 Å². The Labute approximate surface area is 70.6 Å². The second-order valence-corrected chi connectivity index (χ2v) is 2.95. The average Bonchev–Trinajstić information content (AvgIpc) is 2.55. The highest BCUT2D eigenvalue weighted by molar-refractivity contribution is 5.96. The number of fused-ring (bicyclic) bond motifs is 1. The van der Waals surface area contributed by atoms with Gasteiger partial charge in [0.05, 0.1) is 0 Å². The van der Waals surface area contributed by atoms with E-state index in [0.29, 0.717) is 12.2 Å². The molecule has 0 saturated carbocycles. The van der Waals surface area contributed by atoms with Gasteiger partial charge < -0.3 is 5.32 Å². The zero-order chi connectivity index (χ0) is 8.55. The first-order valence-electron chi connectivity index (χ1n) is 4.16. The Morgan fingerprint density at radius 3 is 3.25 bits per heavy atom. The average molecular weight is 165 g/mol. The molecule has 2 heterocycles. The number of aromatic nitrogens is 2. The molecule has 0 radical (unpaired) electrons. The van der Waals surface area contributed by atoms with Gasteiger partial charge in [0.2, 0.25) is 0 Å². The normalized spacial score (nSPS) is 14.6. The molecule has 0 aliphatic carbocycles. The molecule has 1 amide bonds. The van der Waals surface area contributed by atoms with Gasteiger partial charge in [-0.1, -0.05) is 6.92 Å². The zero-order valence-electron chi connectivity index (χ0n) is 7.00. The predicted molar refractivity (Wildman–Crippen MR) is 43.7 cm³/mol. The van der Waals surface area contributed by atoms with Crippen molar-refractivity contribution in [2.75, 3.05) is 0 Å². The molecule has 2 rings (SSSR count). The third kappa shape index (κ3) is 0.995. The van der Waals surface area contributed by atoms with Gasteiger partial charge in [-0.15, -0.1) is 0 Å². The summed E-state index contributed by atoms with van der Waals surface area (Å²) in [5, 5.41) is 6.89. The summed E-state index contributed by atoms with van der Waals surface area (Å²) in [4.78, 5) is 11.1. The molecular weight excluding hydrogens is 154 g/mol. The summed E-state index contributed by atoms with van der Waals surface area (Å²) < 4.78 is 1.84. The van der Waals surface area contributed by atoms with E-state index in [1.807, 2.05) is 10.9 Å². The number of amides is 1. The standard InChI is InChI=1S/C8H11N3O/c1-2-3-11-5-6-4-9-8(12)7(6)10-11/h5H,2-4H2,1H3,(H,9,12). The lowest BCUT2D eigenvalue weighted by Crippen LogP contribution is -2.15. The Morgan fingerprint density at radius 1 is 1.75 bits per heavy atom. The molecule has 1 aromatic rings. The summed E-state index contributed by atoms with van der Waals surface area (Å²) in [5.74, 6) is -0.0418. The van der Waals surface area contributed by atoms with Crippen LogP contribution in [0, 0.1) is 0 Å². The van der Waals surface area contributed by atoms with Crippen molar-refractivity contribution < 1.29 is 4.79 Å². The van der Waals surface area contributed by atoms with Crippen molar-refractivity contribution in [3.63, 3.8) is 0 Å². The fraction of sp³-hybridized carbons (Fsp3) is 0.500. The van der Waals surface area contributed by atoms with E-state index in [4.69, 9.17) is 0 Å². The number of hydrogen-bond donors (Lipinski definition) is 1. The summed E-state index contributed by atoms with van der Waals surface area (Å²) in [7, 11) is 0. The molecule has 1 aliphatic heterocycles. The Morgan fingerprint density at radius 2 is 2.58 bits per heavy atom. The van der Waals surface area contributed by atoms with Crippen LogP contribution in [0.2, 0.25) is 0 Å². The van der Waals surface area contributed by atoms with Crippen LogP contribution in [0.1, 0.15) is 29.4 Å². The van der Waals surface area contributed by atoms with Crippen LogP contribution in [0.15, 0.2) is 6.20 Å². The van der Waals surface area contributed by atoms with Crippen LogP contribution >= 0.6 is 0 Å². The number of carbonyl (C=O) groups is 1. The fourth-order valence-corrected chi connectivity index (χ4v) is 1.39. The molecule has 12 heavy (non-hydrogen) atoms. The molecule has 4 nitrogen and oxygen atoms in total. The van der Waals surface area contributed by atoms with Crippen LogP contribution in [-0.2, 0) is 13.1 Å². The van der Waals surface area contributed by atoms with Crippen molar-refractivity contribution in [2.45, 2.75) is 26.4 Å². The Bertz CT molecular complexity index is 316. The third-order valence-electron chi connectivity index (χ3n) is 1.94. The van der Waals surface area contributed by atoms with Crippen molar-refractivity contribution in [2.24, 2.45) is 0 Å². The molecule has 4 heteroatoms. The van der Waals surface area contributed by atoms with E-state index in [1.165, 1.54) is 0 Å². The van der Waals surface area contributed by atoms with Gasteiger partial charge in [-0.05, 0) is 6.42 Å². The molecular formula is C8H11N3O. The minimum absolute atomic E-state index is 0.0418. The molecule has 0 aromatic carbocycles. The van der Waals surface area contributed by atoms with Crippen LogP contribution in [0.25, 0.3) is 0 Å². The number of hydrogen-bond acceptors (Lipinski definition) is 2. The molecule has 0 saturated heterocycles. The lowest BCUT2D eigenvalue weighted by molar-refractivity contribution is 0.0959. The quantitative estimate of drug-likeness (QED) is 0.695. The number of nitrogens with one attached hydrogen (secondary N) is 1. The highest BCUT2D eigenvalue weighted by atomic mass is 16.2. The van der Waals surface area contributed by atoms with Crippen LogP contribution in [-0.4, -0.2) is 15.7 Å². The summed E-state index contributed by atoms with van der Waals surface area (Å²) in [5.41, 5.74) is 1.62. The van der Waals surface area contributed by atoms with Crippen molar-refractivity contribution in [3.8, 4) is 0 Å².